The second kappa shape index (κ2) is 5.41. The van der Waals surface area contributed by atoms with E-state index in [2.05, 4.69) is 90.8 Å². The second-order valence-electron chi connectivity index (χ2n) is 6.64. The zero-order chi connectivity index (χ0) is 15.9. The molecule has 0 fully saturated rings. The molecule has 0 aromatic heterocycles. The Bertz CT molecular complexity index is 884. The molecule has 0 saturated heterocycles. The van der Waals surface area contributed by atoms with Crippen LogP contribution in [0.5, 0.6) is 0 Å². The topological polar surface area (TPSA) is 0 Å². The Kier molecular flexibility index (Phi) is 3.08. The first-order valence-corrected chi connectivity index (χ1v) is 8.59. The van der Waals surface area contributed by atoms with Gasteiger partial charge in [0.1, 0.15) is 0 Å². The van der Waals surface area contributed by atoms with Gasteiger partial charge in [-0.15, -0.1) is 5.73 Å². The summed E-state index contributed by atoms with van der Waals surface area (Å²) in [6.45, 7) is 0.264. The van der Waals surface area contributed by atoms with Gasteiger partial charge in [-0.3, -0.25) is 0 Å². The highest BCUT2D eigenvalue weighted by molar-refractivity contribution is 6.83. The Balaban J connectivity index is 1.69. The molecule has 0 saturated carbocycles. The molecule has 0 spiro atoms. The van der Waals surface area contributed by atoms with E-state index in [1.807, 2.05) is 6.08 Å². The van der Waals surface area contributed by atoms with Gasteiger partial charge in [-0.05, 0) is 22.7 Å². The second-order valence-corrected chi connectivity index (χ2v) is 6.64. The maximum Gasteiger partial charge on any atom is 0.251 e. The molecular formula is C23H17B. The number of hydrogen-bond acceptors (Lipinski definition) is 0. The van der Waals surface area contributed by atoms with Crippen LogP contribution in [-0.2, 0) is 0 Å². The van der Waals surface area contributed by atoms with E-state index < -0.39 is 0 Å². The third kappa shape index (κ3) is 2.03. The molecule has 112 valence electrons. The molecule has 0 N–H and O–H groups in total. The Morgan fingerprint density at radius 2 is 1.25 bits per heavy atom. The van der Waals surface area contributed by atoms with E-state index in [9.17, 15) is 0 Å². The van der Waals surface area contributed by atoms with Gasteiger partial charge < -0.3 is 0 Å². The number of allylic oxidation sites excluding steroid dienone is 19. The highest BCUT2D eigenvalue weighted by atomic mass is 14.2. The number of fused-ring (bicyclic) bond motifs is 2. The highest BCUT2D eigenvalue weighted by Gasteiger charge is 2.35. The predicted molar refractivity (Wildman–Crippen MR) is 102 cm³/mol. The summed E-state index contributed by atoms with van der Waals surface area (Å²) in [5.41, 5.74) is 10.4. The number of hydrogen-bond donors (Lipinski definition) is 0. The van der Waals surface area contributed by atoms with Crippen LogP contribution in [0.4, 0.5) is 0 Å². The molecule has 0 bridgehead atoms. The molecule has 2 atom stereocenters. The van der Waals surface area contributed by atoms with E-state index in [4.69, 9.17) is 0 Å². The summed E-state index contributed by atoms with van der Waals surface area (Å²) < 4.78 is 0. The van der Waals surface area contributed by atoms with Gasteiger partial charge >= 0.3 is 0 Å². The van der Waals surface area contributed by atoms with E-state index in [1.54, 1.807) is 0 Å². The molecule has 0 heterocycles. The lowest BCUT2D eigenvalue weighted by atomic mass is 9.34. The van der Waals surface area contributed by atoms with E-state index in [1.165, 1.54) is 27.6 Å². The van der Waals surface area contributed by atoms with Crippen molar-refractivity contribution in [2.24, 2.45) is 11.8 Å². The van der Waals surface area contributed by atoms with E-state index in [0.717, 1.165) is 0 Å². The SMILES string of the molecule is C1=CC=CC=1B(C1=C2C=CC=CC2C=C1)C1=C2C=CC=CC2C=C1. The quantitative estimate of drug-likeness (QED) is 0.510. The minimum atomic E-state index is 0.264. The van der Waals surface area contributed by atoms with Crippen molar-refractivity contribution in [3.63, 3.8) is 0 Å². The summed E-state index contributed by atoms with van der Waals surface area (Å²) in [5.74, 6) is 0.854. The summed E-state index contributed by atoms with van der Waals surface area (Å²) in [6, 6.07) is 0. The maximum absolute atomic E-state index is 3.46. The highest BCUT2D eigenvalue weighted by Crippen LogP contribution is 2.40. The van der Waals surface area contributed by atoms with Crippen molar-refractivity contribution in [1.82, 2.24) is 0 Å². The van der Waals surface area contributed by atoms with Gasteiger partial charge in [-0.1, -0.05) is 96.0 Å². The molecule has 0 aromatic carbocycles. The normalized spacial score (nSPS) is 27.6. The van der Waals surface area contributed by atoms with E-state index in [0.29, 0.717) is 11.8 Å². The fraction of sp³-hybridized carbons (Fsp3) is 0.0870. The average Bonchev–Trinajstić information content (AvgIpc) is 3.36. The minimum Gasteiger partial charge on any atom is -0.126 e. The van der Waals surface area contributed by atoms with Crippen molar-refractivity contribution in [1.29, 1.82) is 0 Å². The molecule has 0 nitrogen and oxygen atoms in total. The van der Waals surface area contributed by atoms with Crippen molar-refractivity contribution < 1.29 is 0 Å². The van der Waals surface area contributed by atoms with Gasteiger partial charge in [-0.2, -0.15) is 0 Å². The molecule has 0 aromatic rings. The van der Waals surface area contributed by atoms with Crippen LogP contribution < -0.4 is 0 Å². The lowest BCUT2D eigenvalue weighted by Gasteiger charge is -2.20. The van der Waals surface area contributed by atoms with Gasteiger partial charge in [0.05, 0.1) is 0 Å². The molecule has 0 amide bonds. The first kappa shape index (κ1) is 13.7. The Morgan fingerprint density at radius 1 is 0.625 bits per heavy atom. The Morgan fingerprint density at radius 3 is 1.79 bits per heavy atom. The standard InChI is InChI=1S/C23H17B/c1-5-11-20-17(7-1)13-15-22(20)24(19-9-3-4-10-19)23-16-14-18-8-2-6-12-21(18)23/h1-9,11-18H. The minimum absolute atomic E-state index is 0.264. The molecule has 5 rings (SSSR count). The lowest BCUT2D eigenvalue weighted by Crippen LogP contribution is -2.23. The van der Waals surface area contributed by atoms with Crippen molar-refractivity contribution in [2.45, 2.75) is 0 Å². The van der Waals surface area contributed by atoms with Gasteiger partial charge in [0.15, 0.2) is 0 Å². The molecule has 2 unspecified atom stereocenters. The van der Waals surface area contributed by atoms with E-state index in [-0.39, 0.29) is 6.71 Å². The lowest BCUT2D eigenvalue weighted by molar-refractivity contribution is 1.01. The van der Waals surface area contributed by atoms with Crippen molar-refractivity contribution in [3.05, 3.63) is 124 Å². The molecule has 5 aliphatic carbocycles. The van der Waals surface area contributed by atoms with Crippen LogP contribution in [0, 0.1) is 11.8 Å². The van der Waals surface area contributed by atoms with Crippen LogP contribution in [-0.4, -0.2) is 6.71 Å². The van der Waals surface area contributed by atoms with Crippen molar-refractivity contribution in [3.8, 4) is 0 Å². The predicted octanol–water partition coefficient (Wildman–Crippen LogP) is 4.97. The van der Waals surface area contributed by atoms with Gasteiger partial charge in [0.2, 0.25) is 0 Å². The van der Waals surface area contributed by atoms with Gasteiger partial charge in [-0.25, -0.2) is 0 Å². The first-order chi connectivity index (χ1) is 11.9. The van der Waals surface area contributed by atoms with Crippen LogP contribution in [0.15, 0.2) is 124 Å². The largest absolute Gasteiger partial charge is 0.251 e. The van der Waals surface area contributed by atoms with Crippen LogP contribution in [0.3, 0.4) is 0 Å². The van der Waals surface area contributed by atoms with Crippen LogP contribution >= 0.6 is 0 Å². The zero-order valence-corrected chi connectivity index (χ0v) is 13.4. The summed E-state index contributed by atoms with van der Waals surface area (Å²) in [4.78, 5) is 0. The third-order valence-corrected chi connectivity index (χ3v) is 5.32. The molecule has 0 aliphatic heterocycles. The Hall–Kier alpha value is -2.76. The molecule has 24 heavy (non-hydrogen) atoms. The fourth-order valence-corrected chi connectivity index (χ4v) is 4.19. The van der Waals surface area contributed by atoms with Crippen molar-refractivity contribution in [2.75, 3.05) is 0 Å². The van der Waals surface area contributed by atoms with Crippen molar-refractivity contribution >= 4 is 6.71 Å². The molecule has 0 radical (unpaired) electrons. The summed E-state index contributed by atoms with van der Waals surface area (Å²) in [5, 5.41) is 0. The van der Waals surface area contributed by atoms with E-state index >= 15 is 0 Å². The van der Waals surface area contributed by atoms with Gasteiger partial charge in [0.25, 0.3) is 6.71 Å². The Labute approximate surface area is 143 Å². The van der Waals surface area contributed by atoms with Crippen LogP contribution in [0.25, 0.3) is 0 Å². The average molecular weight is 304 g/mol. The molecular weight excluding hydrogens is 287 g/mol. The number of rotatable bonds is 3. The summed E-state index contributed by atoms with van der Waals surface area (Å²) in [7, 11) is 0. The smallest absolute Gasteiger partial charge is 0.126 e. The molecule has 1 heteroatoms. The van der Waals surface area contributed by atoms with Crippen LogP contribution in [0.2, 0.25) is 0 Å². The fourth-order valence-electron chi connectivity index (χ4n) is 4.19. The first-order valence-electron chi connectivity index (χ1n) is 8.59. The summed E-state index contributed by atoms with van der Waals surface area (Å²) in [6.07, 6.45) is 33.3. The van der Waals surface area contributed by atoms with Gasteiger partial charge in [0, 0.05) is 11.8 Å². The zero-order valence-electron chi connectivity index (χ0n) is 13.4. The van der Waals surface area contributed by atoms with Crippen LogP contribution in [0.1, 0.15) is 0 Å². The summed E-state index contributed by atoms with van der Waals surface area (Å²) >= 11 is 0. The molecule has 5 aliphatic rings. The monoisotopic (exact) mass is 304 g/mol. The maximum atomic E-state index is 3.46. The third-order valence-electron chi connectivity index (χ3n) is 5.32.